The second-order valence-electron chi connectivity index (χ2n) is 4.67. The lowest BCUT2D eigenvalue weighted by Gasteiger charge is -2.31. The van der Waals surface area contributed by atoms with Crippen molar-refractivity contribution in [3.8, 4) is 0 Å². The first-order chi connectivity index (χ1) is 7.04. The third-order valence-electron chi connectivity index (χ3n) is 2.37. The highest BCUT2D eigenvalue weighted by Crippen LogP contribution is 2.24. The molecule has 0 saturated carbocycles. The highest BCUT2D eigenvalue weighted by molar-refractivity contribution is 5.33. The third-order valence-corrected chi connectivity index (χ3v) is 2.37. The Morgan fingerprint density at radius 2 is 2.20 bits per heavy atom. The maximum absolute atomic E-state index is 9.01. The maximum Gasteiger partial charge on any atom is 0.129 e. The molecule has 1 aromatic rings. The molecule has 0 bridgehead atoms. The summed E-state index contributed by atoms with van der Waals surface area (Å²) in [6.07, 6.45) is 3.93. The molecule has 1 unspecified atom stereocenters. The monoisotopic (exact) mass is 209 g/mol. The lowest BCUT2D eigenvalue weighted by molar-refractivity contribution is 0.235. The average molecular weight is 209 g/mol. The van der Waals surface area contributed by atoms with Gasteiger partial charge in [-0.2, -0.15) is 0 Å². The predicted octanol–water partition coefficient (Wildman–Crippen LogP) is 1.69. The van der Waals surface area contributed by atoms with E-state index in [2.05, 4.69) is 36.1 Å². The van der Waals surface area contributed by atoms with Crippen LogP contribution in [0.25, 0.3) is 0 Å². The number of nitrogens with one attached hydrogen (secondary N) is 1. The number of aliphatic hydroxyl groups excluding tert-OH is 1. The second-order valence-corrected chi connectivity index (χ2v) is 4.67. The highest BCUT2D eigenvalue weighted by Gasteiger charge is 2.24. The van der Waals surface area contributed by atoms with Crippen LogP contribution in [0.3, 0.4) is 0 Å². The second kappa shape index (κ2) is 5.07. The fourth-order valence-corrected chi connectivity index (χ4v) is 1.41. The largest absolute Gasteiger partial charge is 0.396 e. The summed E-state index contributed by atoms with van der Waals surface area (Å²) >= 11 is 0. The first kappa shape index (κ1) is 11.9. The van der Waals surface area contributed by atoms with Crippen LogP contribution in [0.1, 0.15) is 27.2 Å². The van der Waals surface area contributed by atoms with Gasteiger partial charge in [-0.3, -0.25) is 0 Å². The number of hydrogen-bond donors (Lipinski definition) is 2. The Bertz CT molecular complexity index is 282. The van der Waals surface area contributed by atoms with Gasteiger partial charge in [0.1, 0.15) is 12.1 Å². The minimum absolute atomic E-state index is 0.0910. The topological polar surface area (TPSA) is 58.0 Å². The van der Waals surface area contributed by atoms with E-state index in [0.29, 0.717) is 6.42 Å². The molecule has 1 rings (SSSR count). The summed E-state index contributed by atoms with van der Waals surface area (Å²) in [5.74, 6) is 0.804. The summed E-state index contributed by atoms with van der Waals surface area (Å²) in [5.41, 5.74) is 0.0910. The van der Waals surface area contributed by atoms with Crippen molar-refractivity contribution in [2.75, 3.05) is 11.9 Å². The van der Waals surface area contributed by atoms with Crippen molar-refractivity contribution in [3.05, 3.63) is 18.6 Å². The standard InChI is InChI=1S/C11H19N3O/c1-11(2,3)9(5-7-15)14-10-4-6-12-8-13-10/h4,6,8-9,15H,5,7H2,1-3H3,(H,12,13,14). The fraction of sp³-hybridized carbons (Fsp3) is 0.636. The molecule has 1 heterocycles. The molecule has 1 atom stereocenters. The van der Waals surface area contributed by atoms with E-state index in [9.17, 15) is 0 Å². The number of aromatic nitrogens is 2. The van der Waals surface area contributed by atoms with Crippen LogP contribution >= 0.6 is 0 Å². The van der Waals surface area contributed by atoms with E-state index in [0.717, 1.165) is 5.82 Å². The molecule has 0 aliphatic heterocycles. The van der Waals surface area contributed by atoms with Crippen LogP contribution in [0.4, 0.5) is 5.82 Å². The molecule has 1 aromatic heterocycles. The van der Waals surface area contributed by atoms with Gasteiger partial charge in [-0.25, -0.2) is 9.97 Å². The molecular formula is C11H19N3O. The van der Waals surface area contributed by atoms with Crippen LogP contribution in [0.2, 0.25) is 0 Å². The zero-order valence-electron chi connectivity index (χ0n) is 9.57. The quantitative estimate of drug-likeness (QED) is 0.792. The Labute approximate surface area is 90.8 Å². The molecule has 84 valence electrons. The first-order valence-electron chi connectivity index (χ1n) is 5.17. The molecule has 0 amide bonds. The van der Waals surface area contributed by atoms with Gasteiger partial charge in [-0.15, -0.1) is 0 Å². The zero-order valence-corrected chi connectivity index (χ0v) is 9.57. The summed E-state index contributed by atoms with van der Waals surface area (Å²) < 4.78 is 0. The highest BCUT2D eigenvalue weighted by atomic mass is 16.3. The van der Waals surface area contributed by atoms with Gasteiger partial charge in [0.15, 0.2) is 0 Å². The molecular weight excluding hydrogens is 190 g/mol. The van der Waals surface area contributed by atoms with Crippen LogP contribution in [-0.2, 0) is 0 Å². The number of aliphatic hydroxyl groups is 1. The summed E-state index contributed by atoms with van der Waals surface area (Å²) in [7, 11) is 0. The Morgan fingerprint density at radius 1 is 1.47 bits per heavy atom. The summed E-state index contributed by atoms with van der Waals surface area (Å²) in [4.78, 5) is 7.97. The predicted molar refractivity (Wildman–Crippen MR) is 60.6 cm³/mol. The number of rotatable bonds is 4. The SMILES string of the molecule is CC(C)(C)C(CCO)Nc1ccncn1. The molecule has 0 radical (unpaired) electrons. The molecule has 0 saturated heterocycles. The van der Waals surface area contributed by atoms with Crippen molar-refractivity contribution < 1.29 is 5.11 Å². The van der Waals surface area contributed by atoms with E-state index in [1.54, 1.807) is 6.20 Å². The minimum Gasteiger partial charge on any atom is -0.396 e. The van der Waals surface area contributed by atoms with Crippen LogP contribution in [-0.4, -0.2) is 27.7 Å². The van der Waals surface area contributed by atoms with E-state index in [4.69, 9.17) is 5.11 Å². The van der Waals surface area contributed by atoms with Crippen molar-refractivity contribution in [1.29, 1.82) is 0 Å². The number of hydrogen-bond acceptors (Lipinski definition) is 4. The van der Waals surface area contributed by atoms with Gasteiger partial charge in [0.2, 0.25) is 0 Å². The molecule has 0 aromatic carbocycles. The van der Waals surface area contributed by atoms with Crippen LogP contribution in [0, 0.1) is 5.41 Å². The smallest absolute Gasteiger partial charge is 0.129 e. The Hall–Kier alpha value is -1.16. The van der Waals surface area contributed by atoms with E-state index in [1.807, 2.05) is 6.07 Å². The lowest BCUT2D eigenvalue weighted by atomic mass is 9.85. The van der Waals surface area contributed by atoms with Crippen molar-refractivity contribution in [2.45, 2.75) is 33.2 Å². The molecule has 4 heteroatoms. The van der Waals surface area contributed by atoms with Crippen molar-refractivity contribution in [1.82, 2.24) is 9.97 Å². The average Bonchev–Trinajstić information content (AvgIpc) is 2.17. The normalized spacial score (nSPS) is 13.6. The van der Waals surface area contributed by atoms with E-state index < -0.39 is 0 Å². The molecule has 2 N–H and O–H groups in total. The molecule has 0 fully saturated rings. The Kier molecular flexibility index (Phi) is 4.03. The third kappa shape index (κ3) is 3.83. The molecule has 0 aliphatic rings. The zero-order chi connectivity index (χ0) is 11.3. The van der Waals surface area contributed by atoms with Gasteiger partial charge < -0.3 is 10.4 Å². The number of anilines is 1. The molecule has 15 heavy (non-hydrogen) atoms. The number of nitrogens with zero attached hydrogens (tertiary/aromatic N) is 2. The van der Waals surface area contributed by atoms with Gasteiger partial charge in [0.05, 0.1) is 0 Å². The van der Waals surface area contributed by atoms with Crippen LogP contribution < -0.4 is 5.32 Å². The molecule has 4 nitrogen and oxygen atoms in total. The summed E-state index contributed by atoms with van der Waals surface area (Å²) in [6.45, 7) is 6.60. The van der Waals surface area contributed by atoms with Gasteiger partial charge in [-0.05, 0) is 17.9 Å². The lowest BCUT2D eigenvalue weighted by Crippen LogP contribution is -2.35. The first-order valence-corrected chi connectivity index (χ1v) is 5.17. The molecule has 0 aliphatic carbocycles. The summed E-state index contributed by atoms with van der Waals surface area (Å²) in [5, 5.41) is 12.3. The van der Waals surface area contributed by atoms with E-state index >= 15 is 0 Å². The Morgan fingerprint density at radius 3 is 2.67 bits per heavy atom. The van der Waals surface area contributed by atoms with Crippen molar-refractivity contribution >= 4 is 5.82 Å². The maximum atomic E-state index is 9.01. The van der Waals surface area contributed by atoms with Gasteiger partial charge >= 0.3 is 0 Å². The molecule has 0 spiro atoms. The van der Waals surface area contributed by atoms with E-state index in [1.165, 1.54) is 6.33 Å². The summed E-state index contributed by atoms with van der Waals surface area (Å²) in [6, 6.07) is 2.04. The minimum atomic E-state index is 0.0910. The van der Waals surface area contributed by atoms with Gasteiger partial charge in [0, 0.05) is 18.8 Å². The van der Waals surface area contributed by atoms with Crippen LogP contribution in [0.15, 0.2) is 18.6 Å². The fourth-order valence-electron chi connectivity index (χ4n) is 1.41. The van der Waals surface area contributed by atoms with Crippen molar-refractivity contribution in [2.24, 2.45) is 5.41 Å². The van der Waals surface area contributed by atoms with Gasteiger partial charge in [0.25, 0.3) is 0 Å². The van der Waals surface area contributed by atoms with Gasteiger partial charge in [-0.1, -0.05) is 20.8 Å². The van der Waals surface area contributed by atoms with Crippen LogP contribution in [0.5, 0.6) is 0 Å². The Balaban J connectivity index is 2.67. The van der Waals surface area contributed by atoms with Crippen molar-refractivity contribution in [3.63, 3.8) is 0 Å². The van der Waals surface area contributed by atoms with E-state index in [-0.39, 0.29) is 18.1 Å².